The summed E-state index contributed by atoms with van der Waals surface area (Å²) >= 11 is 0. The molecule has 0 aliphatic heterocycles. The lowest BCUT2D eigenvalue weighted by atomic mass is 9.41. The normalized spacial score (nSPS) is 38.9. The summed E-state index contributed by atoms with van der Waals surface area (Å²) in [6.45, 7) is 7.11. The molecule has 6 rings (SSSR count). The number of aromatic nitrogens is 4. The number of aliphatic hydroxyl groups is 2. The number of pyridine rings is 1. The second-order valence-electron chi connectivity index (χ2n) is 13.9. The first kappa shape index (κ1) is 30.5. The Morgan fingerprint density at radius 2 is 1.86 bits per heavy atom. The lowest BCUT2D eigenvalue weighted by Gasteiger charge is -2.64. The van der Waals surface area contributed by atoms with Crippen molar-refractivity contribution in [3.63, 3.8) is 0 Å². The van der Waals surface area contributed by atoms with Crippen molar-refractivity contribution in [2.24, 2.45) is 46.3 Å². The zero-order valence-electron chi connectivity index (χ0n) is 25.3. The van der Waals surface area contributed by atoms with Crippen molar-refractivity contribution in [3.8, 4) is 5.82 Å². The lowest BCUT2D eigenvalue weighted by molar-refractivity contribution is -0.202. The van der Waals surface area contributed by atoms with Gasteiger partial charge in [0.2, 0.25) is 0 Å². The topological polar surface area (TPSA) is 157 Å². The summed E-state index contributed by atoms with van der Waals surface area (Å²) in [7, 11) is -4.15. The fraction of sp³-hybridized carbons (Fsp3) is 0.742. The molecule has 4 saturated carbocycles. The SMILES string of the molecule is CC[C@H]1[C@@H](O)[C@@H]2[C@H](CC[C@]3(C)[C@@H](CCOC(=O)NS(=O)(=O)c4ccc(-n5cncn5)nc4)CC[C@@H]23)[C@@]2(C)CC[C@@H](O)C[C@@H]12. The molecule has 0 radical (unpaired) electrons. The highest BCUT2D eigenvalue weighted by Gasteiger charge is 2.64. The van der Waals surface area contributed by atoms with Gasteiger partial charge in [0.15, 0.2) is 5.82 Å². The molecule has 10 atom stereocenters. The average molecular weight is 616 g/mol. The summed E-state index contributed by atoms with van der Waals surface area (Å²) in [6, 6.07) is 2.82. The second-order valence-corrected chi connectivity index (χ2v) is 15.6. The molecule has 236 valence electrons. The first-order chi connectivity index (χ1) is 20.5. The van der Waals surface area contributed by atoms with Crippen molar-refractivity contribution < 1.29 is 28.2 Å². The Hall–Kier alpha value is -2.57. The molecule has 3 N–H and O–H groups in total. The number of nitrogens with zero attached hydrogens (tertiary/aromatic N) is 4. The van der Waals surface area contributed by atoms with Gasteiger partial charge in [-0.15, -0.1) is 0 Å². The molecule has 2 aromatic heterocycles. The first-order valence-corrected chi connectivity index (χ1v) is 17.3. The maximum atomic E-state index is 12.7. The van der Waals surface area contributed by atoms with Gasteiger partial charge in [0.1, 0.15) is 17.6 Å². The monoisotopic (exact) mass is 615 g/mol. The second kappa shape index (κ2) is 11.4. The third kappa shape index (κ3) is 5.27. The van der Waals surface area contributed by atoms with Gasteiger partial charge in [0, 0.05) is 6.20 Å². The van der Waals surface area contributed by atoms with Gasteiger partial charge >= 0.3 is 6.09 Å². The summed E-state index contributed by atoms with van der Waals surface area (Å²) in [5, 5.41) is 26.3. The minimum atomic E-state index is -4.15. The van der Waals surface area contributed by atoms with Gasteiger partial charge in [-0.2, -0.15) is 5.10 Å². The highest BCUT2D eigenvalue weighted by molar-refractivity contribution is 7.90. The molecule has 2 aromatic rings. The molecule has 4 fully saturated rings. The minimum Gasteiger partial charge on any atom is -0.449 e. The quantitative estimate of drug-likeness (QED) is 0.417. The molecule has 0 unspecified atom stereocenters. The molecule has 4 aliphatic rings. The van der Waals surface area contributed by atoms with E-state index in [2.05, 4.69) is 35.8 Å². The summed E-state index contributed by atoms with van der Waals surface area (Å²) in [4.78, 5) is 20.3. The van der Waals surface area contributed by atoms with Crippen LogP contribution in [0.25, 0.3) is 5.82 Å². The molecule has 4 aliphatic carbocycles. The molecule has 2 heterocycles. The molecular formula is C31H45N5O6S. The van der Waals surface area contributed by atoms with E-state index in [0.29, 0.717) is 35.9 Å². The van der Waals surface area contributed by atoms with Crippen molar-refractivity contribution in [2.45, 2.75) is 95.7 Å². The van der Waals surface area contributed by atoms with Crippen LogP contribution in [0.5, 0.6) is 0 Å². The van der Waals surface area contributed by atoms with Gasteiger partial charge in [-0.3, -0.25) is 0 Å². The largest absolute Gasteiger partial charge is 0.449 e. The van der Waals surface area contributed by atoms with Gasteiger partial charge in [0.25, 0.3) is 10.0 Å². The van der Waals surface area contributed by atoms with E-state index in [9.17, 15) is 23.4 Å². The molecule has 43 heavy (non-hydrogen) atoms. The van der Waals surface area contributed by atoms with E-state index in [1.54, 1.807) is 0 Å². The number of aliphatic hydroxyl groups excluding tert-OH is 2. The summed E-state index contributed by atoms with van der Waals surface area (Å²) in [5.41, 5.74) is 0.198. The Morgan fingerprint density at radius 3 is 2.56 bits per heavy atom. The highest BCUT2D eigenvalue weighted by atomic mass is 32.2. The molecule has 0 bridgehead atoms. The van der Waals surface area contributed by atoms with E-state index in [1.165, 1.54) is 29.5 Å². The fourth-order valence-corrected chi connectivity index (χ4v) is 10.9. The minimum absolute atomic E-state index is 0.0429. The van der Waals surface area contributed by atoms with Crippen LogP contribution in [0.4, 0.5) is 4.79 Å². The molecule has 1 amide bonds. The fourth-order valence-electron chi connectivity index (χ4n) is 10.0. The predicted octanol–water partition coefficient (Wildman–Crippen LogP) is 4.09. The smallest absolute Gasteiger partial charge is 0.421 e. The maximum absolute atomic E-state index is 12.7. The van der Waals surface area contributed by atoms with Gasteiger partial charge in [-0.1, -0.05) is 27.2 Å². The molecular weight excluding hydrogens is 570 g/mol. The predicted molar refractivity (Wildman–Crippen MR) is 157 cm³/mol. The number of nitrogens with one attached hydrogen (secondary N) is 1. The molecule has 0 saturated heterocycles. The Bertz CT molecular complexity index is 1400. The molecule has 0 aromatic carbocycles. The van der Waals surface area contributed by atoms with E-state index in [-0.39, 0.29) is 46.4 Å². The standard InChI is InChI=1S/C31H45N5O6S/c1-4-22-25-15-20(37)9-12-31(25,3)24-10-13-30(2)19(5-7-23(30)27(24)28(22)38)11-14-42-29(39)35-43(40,41)21-6-8-26(33-16-21)36-18-32-17-34-36/h6,8,16-20,22-25,27-28,37-38H,4-5,7,9-15H2,1-3H3,(H,35,39)/t19-,20-,22-,23+,24+,25+,27+,28-,30-,31-/m1/s1. The van der Waals surface area contributed by atoms with Gasteiger partial charge in [0.05, 0.1) is 18.8 Å². The summed E-state index contributed by atoms with van der Waals surface area (Å²) in [6.07, 6.45) is 10.8. The number of rotatable bonds is 7. The van der Waals surface area contributed by atoms with Crippen LogP contribution in [0.1, 0.15) is 78.6 Å². The van der Waals surface area contributed by atoms with E-state index < -0.39 is 16.1 Å². The Morgan fingerprint density at radius 1 is 1.09 bits per heavy atom. The number of carbonyl (C=O) groups is 1. The van der Waals surface area contributed by atoms with Crippen molar-refractivity contribution in [1.29, 1.82) is 0 Å². The Kier molecular flexibility index (Phi) is 8.08. The number of amides is 1. The van der Waals surface area contributed by atoms with E-state index in [0.717, 1.165) is 57.6 Å². The number of ether oxygens (including phenoxy) is 1. The number of fused-ring (bicyclic) bond motifs is 5. The van der Waals surface area contributed by atoms with Crippen LogP contribution in [0.2, 0.25) is 0 Å². The van der Waals surface area contributed by atoms with Crippen LogP contribution in [-0.2, 0) is 14.8 Å². The number of sulfonamides is 1. The Balaban J connectivity index is 1.07. The van der Waals surface area contributed by atoms with E-state index in [4.69, 9.17) is 4.74 Å². The number of hydrogen-bond donors (Lipinski definition) is 3. The molecule has 0 spiro atoms. The molecule has 12 heteroatoms. The lowest BCUT2D eigenvalue weighted by Crippen LogP contribution is -2.62. The van der Waals surface area contributed by atoms with E-state index >= 15 is 0 Å². The van der Waals surface area contributed by atoms with Crippen LogP contribution in [-0.4, -0.2) is 63.3 Å². The van der Waals surface area contributed by atoms with Crippen LogP contribution in [0.15, 0.2) is 35.9 Å². The highest BCUT2D eigenvalue weighted by Crippen LogP contribution is 2.69. The van der Waals surface area contributed by atoms with Gasteiger partial charge < -0.3 is 14.9 Å². The molecule has 11 nitrogen and oxygen atoms in total. The third-order valence-electron chi connectivity index (χ3n) is 12.2. The van der Waals surface area contributed by atoms with E-state index in [1.807, 2.05) is 4.72 Å². The van der Waals surface area contributed by atoms with Crippen molar-refractivity contribution in [3.05, 3.63) is 31.0 Å². The van der Waals surface area contributed by atoms with Crippen molar-refractivity contribution in [1.82, 2.24) is 24.5 Å². The van der Waals surface area contributed by atoms with Crippen LogP contribution < -0.4 is 4.72 Å². The van der Waals surface area contributed by atoms with Crippen LogP contribution >= 0.6 is 0 Å². The van der Waals surface area contributed by atoms with Crippen molar-refractivity contribution in [2.75, 3.05) is 6.61 Å². The average Bonchev–Trinajstić information content (AvgIpc) is 3.63. The Labute approximate surface area is 253 Å². The van der Waals surface area contributed by atoms with Gasteiger partial charge in [-0.25, -0.2) is 32.6 Å². The summed E-state index contributed by atoms with van der Waals surface area (Å²) < 4.78 is 34.2. The zero-order valence-corrected chi connectivity index (χ0v) is 26.1. The van der Waals surface area contributed by atoms with Crippen molar-refractivity contribution >= 4 is 16.1 Å². The van der Waals surface area contributed by atoms with Crippen LogP contribution in [0, 0.1) is 46.3 Å². The van der Waals surface area contributed by atoms with Crippen LogP contribution in [0.3, 0.4) is 0 Å². The number of carbonyl (C=O) groups excluding carboxylic acids is 1. The first-order valence-electron chi connectivity index (χ1n) is 15.8. The zero-order chi connectivity index (χ0) is 30.6. The maximum Gasteiger partial charge on any atom is 0.421 e. The third-order valence-corrected chi connectivity index (χ3v) is 13.5. The summed E-state index contributed by atoms with van der Waals surface area (Å²) in [5.74, 6) is 2.44. The van der Waals surface area contributed by atoms with Gasteiger partial charge in [-0.05, 0) is 110 Å². The number of hydrogen-bond acceptors (Lipinski definition) is 9.